The van der Waals surface area contributed by atoms with Crippen molar-refractivity contribution in [3.8, 4) is 0 Å². The molecule has 3 rings (SSSR count). The average molecular weight is 285 g/mol. The highest BCUT2D eigenvalue weighted by Gasteiger charge is 2.45. The van der Waals surface area contributed by atoms with E-state index in [1.807, 2.05) is 48.1 Å². The van der Waals surface area contributed by atoms with Crippen molar-refractivity contribution < 1.29 is 9.90 Å². The quantitative estimate of drug-likeness (QED) is 0.925. The van der Waals surface area contributed by atoms with Crippen molar-refractivity contribution >= 4 is 5.91 Å². The molecule has 1 N–H and O–H groups in total. The van der Waals surface area contributed by atoms with E-state index in [1.54, 1.807) is 18.3 Å². The van der Waals surface area contributed by atoms with E-state index in [9.17, 15) is 9.90 Å². The number of imidazole rings is 1. The molecule has 1 saturated heterocycles. The van der Waals surface area contributed by atoms with E-state index in [4.69, 9.17) is 0 Å². The van der Waals surface area contributed by atoms with E-state index in [0.29, 0.717) is 6.54 Å². The van der Waals surface area contributed by atoms with Gasteiger partial charge in [-0.05, 0) is 5.56 Å². The van der Waals surface area contributed by atoms with Crippen molar-refractivity contribution in [2.45, 2.75) is 12.0 Å². The predicted molar refractivity (Wildman–Crippen MR) is 78.5 cm³/mol. The van der Waals surface area contributed by atoms with Gasteiger partial charge in [-0.3, -0.25) is 4.79 Å². The average Bonchev–Trinajstić information content (AvgIpc) is 3.04. The van der Waals surface area contributed by atoms with Gasteiger partial charge in [-0.1, -0.05) is 30.3 Å². The maximum atomic E-state index is 12.4. The summed E-state index contributed by atoms with van der Waals surface area (Å²) in [5.41, 5.74) is 1.63. The molecule has 1 unspecified atom stereocenters. The fourth-order valence-corrected chi connectivity index (χ4v) is 3.04. The van der Waals surface area contributed by atoms with E-state index in [2.05, 4.69) is 4.98 Å². The third kappa shape index (κ3) is 2.45. The van der Waals surface area contributed by atoms with E-state index in [1.165, 1.54) is 0 Å². The van der Waals surface area contributed by atoms with Crippen LogP contribution in [-0.2, 0) is 11.8 Å². The van der Waals surface area contributed by atoms with Crippen LogP contribution in [0.25, 0.3) is 0 Å². The number of hydrogen-bond donors (Lipinski definition) is 1. The zero-order valence-corrected chi connectivity index (χ0v) is 12.2. The molecular formula is C16H19N3O2. The van der Waals surface area contributed by atoms with Crippen molar-refractivity contribution in [2.75, 3.05) is 13.6 Å². The van der Waals surface area contributed by atoms with E-state index >= 15 is 0 Å². The number of carbonyl (C=O) groups is 1. The minimum Gasteiger partial charge on any atom is -0.388 e. The summed E-state index contributed by atoms with van der Waals surface area (Å²) < 4.78 is 1.87. The molecule has 1 aliphatic rings. The summed E-state index contributed by atoms with van der Waals surface area (Å²) in [6.45, 7) is 0.588. The number of aryl methyl sites for hydroxylation is 1. The molecule has 1 aromatic carbocycles. The van der Waals surface area contributed by atoms with Crippen molar-refractivity contribution in [3.63, 3.8) is 0 Å². The number of likely N-dealkylation sites (tertiary alicyclic amines) is 1. The molecule has 0 radical (unpaired) electrons. The molecule has 3 atom stereocenters. The number of likely N-dealkylation sites (N-methyl/N-ethyl adjacent to an activating group) is 1. The third-order valence-electron chi connectivity index (χ3n) is 4.15. The first kappa shape index (κ1) is 13.8. The van der Waals surface area contributed by atoms with Crippen LogP contribution in [0.4, 0.5) is 0 Å². The van der Waals surface area contributed by atoms with Crippen LogP contribution in [0.3, 0.4) is 0 Å². The van der Waals surface area contributed by atoms with Gasteiger partial charge in [-0.2, -0.15) is 0 Å². The van der Waals surface area contributed by atoms with Gasteiger partial charge in [-0.25, -0.2) is 4.98 Å². The van der Waals surface area contributed by atoms with Gasteiger partial charge in [0.1, 0.15) is 0 Å². The monoisotopic (exact) mass is 285 g/mol. The second-order valence-electron chi connectivity index (χ2n) is 5.67. The molecule has 5 heteroatoms. The van der Waals surface area contributed by atoms with Gasteiger partial charge in [-0.15, -0.1) is 0 Å². The summed E-state index contributed by atoms with van der Waals surface area (Å²) in [5, 5.41) is 10.7. The first-order chi connectivity index (χ1) is 10.1. The Balaban J connectivity index is 1.95. The van der Waals surface area contributed by atoms with Crippen LogP contribution in [0.15, 0.2) is 42.9 Å². The number of aliphatic hydroxyl groups excluding tert-OH is 1. The highest BCUT2D eigenvalue weighted by Crippen LogP contribution is 2.40. The highest BCUT2D eigenvalue weighted by molar-refractivity contribution is 5.83. The summed E-state index contributed by atoms with van der Waals surface area (Å²) >= 11 is 0. The lowest BCUT2D eigenvalue weighted by Gasteiger charge is -2.21. The smallest absolute Gasteiger partial charge is 0.229 e. The molecule has 1 aromatic heterocycles. The van der Waals surface area contributed by atoms with Crippen molar-refractivity contribution in [1.82, 2.24) is 14.5 Å². The van der Waals surface area contributed by atoms with E-state index < -0.39 is 12.0 Å². The Bertz CT molecular complexity index is 638. The topological polar surface area (TPSA) is 58.4 Å². The molecular weight excluding hydrogens is 266 g/mol. The summed E-state index contributed by atoms with van der Waals surface area (Å²) in [5.74, 6) is -0.590. The first-order valence-corrected chi connectivity index (χ1v) is 7.04. The number of nitrogens with zero attached hydrogens (tertiary/aromatic N) is 3. The maximum Gasteiger partial charge on any atom is 0.229 e. The Labute approximate surface area is 123 Å². The second kappa shape index (κ2) is 5.33. The molecule has 0 spiro atoms. The van der Waals surface area contributed by atoms with Gasteiger partial charge in [0.2, 0.25) is 5.91 Å². The standard InChI is InChI=1S/C16H19N3O2/c1-18-9-13(17-10-18)12-8-19(2)16(21)14(12)15(20)11-6-4-3-5-7-11/h3-7,9-10,12,14-15,20H,8H2,1-2H3/t12?,14-,15-/m1/s1. The van der Waals surface area contributed by atoms with Crippen LogP contribution in [-0.4, -0.2) is 39.1 Å². The van der Waals surface area contributed by atoms with Gasteiger partial charge < -0.3 is 14.6 Å². The van der Waals surface area contributed by atoms with E-state index in [-0.39, 0.29) is 11.8 Å². The minimum atomic E-state index is -0.810. The zero-order valence-electron chi connectivity index (χ0n) is 12.2. The van der Waals surface area contributed by atoms with Gasteiger partial charge in [0.05, 0.1) is 24.0 Å². The van der Waals surface area contributed by atoms with Crippen molar-refractivity contribution in [1.29, 1.82) is 0 Å². The van der Waals surface area contributed by atoms with Crippen LogP contribution in [0.1, 0.15) is 23.3 Å². The molecule has 1 aliphatic heterocycles. The summed E-state index contributed by atoms with van der Waals surface area (Å²) in [6, 6.07) is 9.35. The lowest BCUT2D eigenvalue weighted by Crippen LogP contribution is -2.27. The minimum absolute atomic E-state index is 0.0259. The number of aliphatic hydroxyl groups is 1. The molecule has 110 valence electrons. The van der Waals surface area contributed by atoms with Gasteiger partial charge in [0.15, 0.2) is 0 Å². The molecule has 0 bridgehead atoms. The molecule has 2 aromatic rings. The van der Waals surface area contributed by atoms with Crippen LogP contribution in [0.5, 0.6) is 0 Å². The lowest BCUT2D eigenvalue weighted by atomic mass is 9.85. The normalized spacial score (nSPS) is 23.6. The fourth-order valence-electron chi connectivity index (χ4n) is 3.04. The first-order valence-electron chi connectivity index (χ1n) is 7.04. The number of carbonyl (C=O) groups excluding carboxylic acids is 1. The molecule has 2 heterocycles. The number of aromatic nitrogens is 2. The lowest BCUT2D eigenvalue weighted by molar-refractivity contribution is -0.133. The second-order valence-corrected chi connectivity index (χ2v) is 5.67. The Morgan fingerprint density at radius 1 is 1.29 bits per heavy atom. The van der Waals surface area contributed by atoms with Crippen molar-refractivity contribution in [2.24, 2.45) is 13.0 Å². The Morgan fingerprint density at radius 3 is 2.62 bits per heavy atom. The number of rotatable bonds is 3. The van der Waals surface area contributed by atoms with Gasteiger partial charge >= 0.3 is 0 Å². The zero-order chi connectivity index (χ0) is 15.0. The molecule has 21 heavy (non-hydrogen) atoms. The number of benzene rings is 1. The Hall–Kier alpha value is -2.14. The number of hydrogen-bond acceptors (Lipinski definition) is 3. The summed E-state index contributed by atoms with van der Waals surface area (Å²) in [6.07, 6.45) is 2.84. The van der Waals surface area contributed by atoms with E-state index in [0.717, 1.165) is 11.3 Å². The highest BCUT2D eigenvalue weighted by atomic mass is 16.3. The third-order valence-corrected chi connectivity index (χ3v) is 4.15. The molecule has 0 saturated carbocycles. The van der Waals surface area contributed by atoms with Crippen LogP contribution in [0, 0.1) is 5.92 Å². The molecule has 1 fully saturated rings. The maximum absolute atomic E-state index is 12.4. The van der Waals surface area contributed by atoms with Crippen LogP contribution in [0.2, 0.25) is 0 Å². The Kier molecular flexibility index (Phi) is 3.51. The fraction of sp³-hybridized carbons (Fsp3) is 0.375. The summed E-state index contributed by atoms with van der Waals surface area (Å²) in [7, 11) is 3.68. The van der Waals surface area contributed by atoms with Crippen molar-refractivity contribution in [3.05, 3.63) is 54.1 Å². The largest absolute Gasteiger partial charge is 0.388 e. The van der Waals surface area contributed by atoms with Gasteiger partial charge in [0.25, 0.3) is 0 Å². The van der Waals surface area contributed by atoms with Gasteiger partial charge in [0, 0.05) is 32.8 Å². The number of amides is 1. The Morgan fingerprint density at radius 2 is 2.00 bits per heavy atom. The summed E-state index contributed by atoms with van der Waals surface area (Å²) in [4.78, 5) is 18.5. The van der Waals surface area contributed by atoms with Crippen LogP contribution < -0.4 is 0 Å². The molecule has 0 aliphatic carbocycles. The predicted octanol–water partition coefficient (Wildman–Crippen LogP) is 1.33. The molecule has 1 amide bonds. The van der Waals surface area contributed by atoms with Crippen LogP contribution >= 0.6 is 0 Å². The molecule has 5 nitrogen and oxygen atoms in total. The SMILES string of the molecule is CN1CC(c2cn(C)cn2)[C@H]([C@H](O)c2ccccc2)C1=O.